The van der Waals surface area contributed by atoms with Crippen LogP contribution in [0.25, 0.3) is 0 Å². The molecule has 0 spiro atoms. The van der Waals surface area contributed by atoms with Crippen LogP contribution in [-0.2, 0) is 9.59 Å². The maximum absolute atomic E-state index is 10.1. The number of carboxylic acids is 1. The number of aliphatic carboxylic acids is 1. The first-order valence-corrected chi connectivity index (χ1v) is 14.0. The van der Waals surface area contributed by atoms with Gasteiger partial charge in [0.1, 0.15) is 6.29 Å². The van der Waals surface area contributed by atoms with Gasteiger partial charge in [0.15, 0.2) is 0 Å². The highest BCUT2D eigenvalue weighted by atomic mass is 16.4. The Balaban J connectivity index is -0.000000470. The van der Waals surface area contributed by atoms with Crippen LogP contribution in [0.4, 0.5) is 0 Å². The first kappa shape index (κ1) is 36.2. The Morgan fingerprint density at radius 3 is 1.00 bits per heavy atom. The predicted octanol–water partition coefficient (Wildman–Crippen LogP) is 10.2. The number of carbonyl (C=O) groups excluding carboxylic acids is 1. The van der Waals surface area contributed by atoms with E-state index in [0.717, 1.165) is 26.1 Å². The van der Waals surface area contributed by atoms with Crippen LogP contribution in [0, 0.1) is 0 Å². The topological polar surface area (TPSA) is 54.4 Å². The Morgan fingerprint density at radius 2 is 0.758 bits per heavy atom. The minimum absolute atomic E-state index is 0.737. The van der Waals surface area contributed by atoms with Gasteiger partial charge in [-0.1, -0.05) is 109 Å². The molecule has 0 amide bonds. The van der Waals surface area contributed by atoms with Crippen molar-refractivity contribution in [2.45, 2.75) is 156 Å². The summed E-state index contributed by atoms with van der Waals surface area (Å²) in [7, 11) is 0. The van der Waals surface area contributed by atoms with Crippen molar-refractivity contribution in [1.29, 1.82) is 0 Å². The van der Waals surface area contributed by atoms with Gasteiger partial charge in [0.25, 0.3) is 5.97 Å². The highest BCUT2D eigenvalue weighted by molar-refractivity contribution is 5.62. The molecular formula is C30H58O3. The molecule has 0 bridgehead atoms. The molecule has 0 radical (unpaired) electrons. The summed E-state index contributed by atoms with van der Waals surface area (Å²) < 4.78 is 0. The lowest BCUT2D eigenvalue weighted by Gasteiger charge is -1.95. The average molecular weight is 467 g/mol. The van der Waals surface area contributed by atoms with E-state index in [1.807, 2.05) is 0 Å². The van der Waals surface area contributed by atoms with Crippen molar-refractivity contribution in [3.63, 3.8) is 0 Å². The Bertz CT molecular complexity index is 395. The van der Waals surface area contributed by atoms with Crippen molar-refractivity contribution < 1.29 is 14.7 Å². The van der Waals surface area contributed by atoms with Crippen LogP contribution in [0.15, 0.2) is 24.3 Å². The number of carboxylic acid groups (broad SMARTS) is 1. The lowest BCUT2D eigenvalue weighted by molar-refractivity contribution is -0.134. The molecule has 0 unspecified atom stereocenters. The summed E-state index contributed by atoms with van der Waals surface area (Å²) in [6, 6.07) is 0. The molecule has 0 aliphatic heterocycles. The van der Waals surface area contributed by atoms with Crippen LogP contribution in [-0.4, -0.2) is 17.4 Å². The number of hydrogen-bond acceptors (Lipinski definition) is 2. The van der Waals surface area contributed by atoms with Gasteiger partial charge in [-0.05, 0) is 57.8 Å². The van der Waals surface area contributed by atoms with E-state index in [0.29, 0.717) is 0 Å². The van der Waals surface area contributed by atoms with Gasteiger partial charge >= 0.3 is 0 Å². The molecule has 196 valence electrons. The van der Waals surface area contributed by atoms with Crippen LogP contribution in [0.1, 0.15) is 156 Å². The Morgan fingerprint density at radius 1 is 0.515 bits per heavy atom. The normalized spacial score (nSPS) is 10.5. The lowest BCUT2D eigenvalue weighted by Crippen LogP contribution is -1.78. The summed E-state index contributed by atoms with van der Waals surface area (Å²) in [5.74, 6) is -0.833. The largest absolute Gasteiger partial charge is 0.481 e. The third-order valence-corrected chi connectivity index (χ3v) is 5.20. The zero-order chi connectivity index (χ0) is 25.3. The van der Waals surface area contributed by atoms with Crippen LogP contribution in [0.2, 0.25) is 0 Å². The first-order chi connectivity index (χ1) is 16.1. The summed E-state index contributed by atoms with van der Waals surface area (Å²) in [6.45, 7) is 7.86. The van der Waals surface area contributed by atoms with E-state index in [4.69, 9.17) is 9.90 Å². The van der Waals surface area contributed by atoms with Gasteiger partial charge in [-0.3, -0.25) is 4.79 Å². The van der Waals surface area contributed by atoms with Crippen LogP contribution in [0.3, 0.4) is 0 Å². The molecule has 0 aromatic rings. The third kappa shape index (κ3) is 53.7. The van der Waals surface area contributed by atoms with Gasteiger partial charge in [-0.2, -0.15) is 0 Å². The average Bonchev–Trinajstić information content (AvgIpc) is 2.79. The quantitative estimate of drug-likeness (QED) is 0.104. The monoisotopic (exact) mass is 466 g/mol. The van der Waals surface area contributed by atoms with Crippen molar-refractivity contribution in [3.05, 3.63) is 24.3 Å². The molecule has 0 saturated carbocycles. The molecule has 0 fully saturated rings. The van der Waals surface area contributed by atoms with Gasteiger partial charge in [0.2, 0.25) is 0 Å². The van der Waals surface area contributed by atoms with E-state index >= 15 is 0 Å². The molecule has 3 heteroatoms. The molecule has 3 nitrogen and oxygen atoms in total. The Kier molecular flexibility index (Phi) is 41.6. The first-order valence-electron chi connectivity index (χ1n) is 14.0. The molecule has 0 aliphatic rings. The van der Waals surface area contributed by atoms with Crippen molar-refractivity contribution in [2.75, 3.05) is 0 Å². The number of unbranched alkanes of at least 4 members (excludes halogenated alkanes) is 16. The van der Waals surface area contributed by atoms with Crippen LogP contribution < -0.4 is 0 Å². The molecule has 1 N–H and O–H groups in total. The van der Waals surface area contributed by atoms with Crippen LogP contribution >= 0.6 is 0 Å². The number of aldehydes is 1. The fourth-order valence-corrected chi connectivity index (χ4v) is 3.20. The number of hydrogen-bond donors (Lipinski definition) is 1. The second kappa shape index (κ2) is 37.9. The van der Waals surface area contributed by atoms with Gasteiger partial charge in [-0.25, -0.2) is 0 Å². The van der Waals surface area contributed by atoms with E-state index < -0.39 is 5.97 Å². The second-order valence-electron chi connectivity index (χ2n) is 8.81. The Labute approximate surface area is 207 Å². The molecule has 0 rings (SSSR count). The predicted molar refractivity (Wildman–Crippen MR) is 147 cm³/mol. The SMILES string of the molecule is CC(=O)O.CCCCCC/C=C\CCCCCC.CCCCCC/C=C\CCCCCC=O. The standard InChI is InChI=1S/C14H26O.C14H28.C2H4O2/c1-2-3-4-5-6-7-8-9-10-11-12-13-14-15;1-3-5-7-9-11-13-14-12-10-8-6-4-2;1-2(3)4/h7-8,14H,2-6,9-13H2,1H3;13-14H,3-12H2,1-2H3;1H3,(H,3,4)/b8-7-;14-13-;. The van der Waals surface area contributed by atoms with Gasteiger partial charge in [-0.15, -0.1) is 0 Å². The van der Waals surface area contributed by atoms with Crippen molar-refractivity contribution >= 4 is 12.3 Å². The Hall–Kier alpha value is -1.38. The molecule has 0 saturated heterocycles. The van der Waals surface area contributed by atoms with E-state index in [2.05, 4.69) is 45.1 Å². The molecule has 0 heterocycles. The fraction of sp³-hybridized carbons (Fsp3) is 0.800. The zero-order valence-corrected chi connectivity index (χ0v) is 22.8. The summed E-state index contributed by atoms with van der Waals surface area (Å²) in [6.07, 6.45) is 36.2. The molecule has 33 heavy (non-hydrogen) atoms. The highest BCUT2D eigenvalue weighted by Crippen LogP contribution is 2.07. The second-order valence-corrected chi connectivity index (χ2v) is 8.81. The van der Waals surface area contributed by atoms with Crippen molar-refractivity contribution in [3.8, 4) is 0 Å². The smallest absolute Gasteiger partial charge is 0.300 e. The van der Waals surface area contributed by atoms with Crippen LogP contribution in [0.5, 0.6) is 0 Å². The highest BCUT2D eigenvalue weighted by Gasteiger charge is 1.88. The molecule has 0 atom stereocenters. The summed E-state index contributed by atoms with van der Waals surface area (Å²) in [5.41, 5.74) is 0. The molecule has 0 aliphatic carbocycles. The van der Waals surface area contributed by atoms with E-state index in [-0.39, 0.29) is 0 Å². The van der Waals surface area contributed by atoms with E-state index in [1.165, 1.54) is 116 Å². The fourth-order valence-electron chi connectivity index (χ4n) is 3.20. The van der Waals surface area contributed by atoms with E-state index in [9.17, 15) is 4.79 Å². The number of allylic oxidation sites excluding steroid dienone is 4. The maximum Gasteiger partial charge on any atom is 0.300 e. The molecule has 0 aromatic carbocycles. The minimum atomic E-state index is -0.833. The third-order valence-electron chi connectivity index (χ3n) is 5.20. The lowest BCUT2D eigenvalue weighted by atomic mass is 10.1. The van der Waals surface area contributed by atoms with Crippen molar-refractivity contribution in [1.82, 2.24) is 0 Å². The van der Waals surface area contributed by atoms with Crippen molar-refractivity contribution in [2.24, 2.45) is 0 Å². The summed E-state index contributed by atoms with van der Waals surface area (Å²) in [4.78, 5) is 19.1. The number of rotatable bonds is 21. The number of carbonyl (C=O) groups is 2. The van der Waals surface area contributed by atoms with Gasteiger partial charge < -0.3 is 9.90 Å². The minimum Gasteiger partial charge on any atom is -0.481 e. The zero-order valence-electron chi connectivity index (χ0n) is 22.8. The summed E-state index contributed by atoms with van der Waals surface area (Å²) in [5, 5.41) is 7.42. The molecule has 0 aromatic heterocycles. The summed E-state index contributed by atoms with van der Waals surface area (Å²) >= 11 is 0. The van der Waals surface area contributed by atoms with Gasteiger partial charge in [0.05, 0.1) is 0 Å². The maximum atomic E-state index is 10.1. The molecular weight excluding hydrogens is 408 g/mol. The van der Waals surface area contributed by atoms with Gasteiger partial charge in [0, 0.05) is 13.3 Å². The van der Waals surface area contributed by atoms with E-state index in [1.54, 1.807) is 0 Å².